The van der Waals surface area contributed by atoms with Gasteiger partial charge in [-0.15, -0.1) is 0 Å². The van der Waals surface area contributed by atoms with Crippen LogP contribution >= 0.6 is 0 Å². The first-order valence-electron chi connectivity index (χ1n) is 13.4. The van der Waals surface area contributed by atoms with Crippen molar-refractivity contribution in [2.24, 2.45) is 4.99 Å². The number of nitrogens with zero attached hydrogens (tertiary/aromatic N) is 1. The molecule has 200 valence electrons. The molecule has 0 amide bonds. The summed E-state index contributed by atoms with van der Waals surface area (Å²) < 4.78 is 35.9. The summed E-state index contributed by atoms with van der Waals surface area (Å²) in [4.78, 5) is 3.65. The van der Waals surface area contributed by atoms with Gasteiger partial charge in [-0.25, -0.2) is 0 Å². The normalized spacial score (nSPS) is 12.7. The Kier molecular flexibility index (Phi) is 21.6. The zero-order chi connectivity index (χ0) is 25.8. The Morgan fingerprint density at radius 1 is 0.972 bits per heavy atom. The van der Waals surface area contributed by atoms with E-state index in [1.54, 1.807) is 0 Å². The van der Waals surface area contributed by atoms with E-state index in [-0.39, 0.29) is 42.0 Å². The van der Waals surface area contributed by atoms with E-state index in [9.17, 15) is 13.5 Å². The molecule has 0 spiro atoms. The topological polar surface area (TPSA) is 99.0 Å². The Hall–Kier alpha value is -0.860. The molecule has 0 bridgehead atoms. The second-order valence-electron chi connectivity index (χ2n) is 9.26. The fourth-order valence-electron chi connectivity index (χ4n) is 4.00. The van der Waals surface area contributed by atoms with Gasteiger partial charge in [0, 0.05) is 0 Å². The van der Waals surface area contributed by atoms with E-state index in [0.717, 1.165) is 43.4 Å². The minimum atomic E-state index is -4.04. The van der Waals surface area contributed by atoms with Gasteiger partial charge in [0.1, 0.15) is 5.75 Å². The van der Waals surface area contributed by atoms with E-state index in [0.29, 0.717) is 12.5 Å². The standard InChI is InChI=1S/C28H47NO5S.Na/c1-3-25-19-21-27(22-20-25)34-26(4-2)17-15-13-11-9-7-5-6-8-10-12-14-16-18-28(30)29-23-24-35(31,32)33;/h3,19-22,26H,1,4-18,23-24H2,2H3,(H,29,30)(H,31,32,33);/q;+1/p-1. The van der Waals surface area contributed by atoms with Crippen molar-refractivity contribution in [2.45, 2.75) is 109 Å². The first-order valence-corrected chi connectivity index (χ1v) is 15.0. The quantitative estimate of drug-likeness (QED) is 0.0810. The number of aliphatic imine (C=N–C) groups is 1. The Labute approximate surface area is 242 Å². The van der Waals surface area contributed by atoms with Crippen LogP contribution in [0.5, 0.6) is 5.75 Å². The molecule has 0 aliphatic heterocycles. The molecular formula is C28H46NNaO5S. The van der Waals surface area contributed by atoms with Gasteiger partial charge in [0.15, 0.2) is 0 Å². The van der Waals surface area contributed by atoms with Gasteiger partial charge < -0.3 is 14.8 Å². The molecule has 1 unspecified atom stereocenters. The molecule has 1 N–H and O–H groups in total. The van der Waals surface area contributed by atoms with Crippen molar-refractivity contribution in [1.29, 1.82) is 0 Å². The van der Waals surface area contributed by atoms with E-state index in [2.05, 4.69) is 18.5 Å². The zero-order valence-corrected chi connectivity index (χ0v) is 25.4. The van der Waals surface area contributed by atoms with E-state index < -0.39 is 15.9 Å². The first kappa shape index (κ1) is 35.1. The number of hydrogen-bond acceptors (Lipinski definition) is 5. The Morgan fingerprint density at radius 2 is 1.47 bits per heavy atom. The smallest absolute Gasteiger partial charge is 0.862 e. The average Bonchev–Trinajstić information content (AvgIpc) is 2.83. The van der Waals surface area contributed by atoms with Crippen molar-refractivity contribution in [3.63, 3.8) is 0 Å². The van der Waals surface area contributed by atoms with Gasteiger partial charge in [-0.3, -0.25) is 4.55 Å². The summed E-state index contributed by atoms with van der Waals surface area (Å²) in [6.07, 6.45) is 19.0. The van der Waals surface area contributed by atoms with Crippen LogP contribution < -0.4 is 39.4 Å². The van der Waals surface area contributed by atoms with Crippen molar-refractivity contribution >= 4 is 22.1 Å². The molecule has 0 saturated carbocycles. The second kappa shape index (κ2) is 22.2. The molecule has 0 aliphatic rings. The van der Waals surface area contributed by atoms with Gasteiger partial charge in [0.05, 0.1) is 18.4 Å². The third-order valence-electron chi connectivity index (χ3n) is 6.18. The molecule has 36 heavy (non-hydrogen) atoms. The van der Waals surface area contributed by atoms with Crippen LogP contribution in [0.1, 0.15) is 109 Å². The minimum absolute atomic E-state index is 0. The molecule has 6 nitrogen and oxygen atoms in total. The molecule has 1 rings (SSSR count). The SMILES string of the molecule is C=Cc1ccc(OC(CC)CCCCCCCCCCCCCCC([O-])=NCCS(=O)(=O)O)cc1.[Na+]. The minimum Gasteiger partial charge on any atom is -0.862 e. The zero-order valence-electron chi connectivity index (χ0n) is 22.6. The molecule has 0 aromatic heterocycles. The molecular weight excluding hydrogens is 485 g/mol. The number of rotatable bonds is 22. The van der Waals surface area contributed by atoms with Crippen molar-refractivity contribution in [2.75, 3.05) is 12.3 Å². The maximum absolute atomic E-state index is 11.5. The molecule has 0 heterocycles. The Balaban J connectivity index is 0.0000122. The largest absolute Gasteiger partial charge is 1.00 e. The summed E-state index contributed by atoms with van der Waals surface area (Å²) in [7, 11) is -4.04. The van der Waals surface area contributed by atoms with Crippen LogP contribution in [0.2, 0.25) is 0 Å². The molecule has 1 aromatic carbocycles. The fraction of sp³-hybridized carbons (Fsp3) is 0.679. The third-order valence-corrected chi connectivity index (χ3v) is 6.88. The average molecular weight is 532 g/mol. The predicted molar refractivity (Wildman–Crippen MR) is 145 cm³/mol. The number of ether oxygens (including phenoxy) is 1. The molecule has 8 heteroatoms. The van der Waals surface area contributed by atoms with Crippen molar-refractivity contribution in [3.8, 4) is 5.75 Å². The monoisotopic (exact) mass is 531 g/mol. The molecule has 0 radical (unpaired) electrons. The van der Waals surface area contributed by atoms with Crippen molar-refractivity contribution in [1.82, 2.24) is 0 Å². The van der Waals surface area contributed by atoms with Gasteiger partial charge in [-0.2, -0.15) is 8.42 Å². The maximum Gasteiger partial charge on any atom is 1.00 e. The molecule has 1 atom stereocenters. The molecule has 0 fully saturated rings. The first-order chi connectivity index (χ1) is 16.8. The van der Waals surface area contributed by atoms with Crippen LogP contribution in [-0.4, -0.2) is 37.3 Å². The summed E-state index contributed by atoms with van der Waals surface area (Å²) >= 11 is 0. The molecule has 0 saturated heterocycles. The molecule has 0 aliphatic carbocycles. The van der Waals surface area contributed by atoms with E-state index in [1.807, 2.05) is 30.3 Å². The maximum atomic E-state index is 11.5. The van der Waals surface area contributed by atoms with Gasteiger partial charge in [0.25, 0.3) is 10.1 Å². The van der Waals surface area contributed by atoms with Crippen molar-refractivity contribution in [3.05, 3.63) is 36.4 Å². The van der Waals surface area contributed by atoms with Gasteiger partial charge in [-0.1, -0.05) is 95.9 Å². The number of hydrogen-bond donors (Lipinski definition) is 1. The van der Waals surface area contributed by atoms with E-state index >= 15 is 0 Å². The van der Waals surface area contributed by atoms with E-state index in [1.165, 1.54) is 57.8 Å². The fourth-order valence-corrected chi connectivity index (χ4v) is 4.32. The van der Waals surface area contributed by atoms with Gasteiger partial charge >= 0.3 is 29.6 Å². The second-order valence-corrected chi connectivity index (χ2v) is 10.8. The van der Waals surface area contributed by atoms with Gasteiger partial charge in [0.2, 0.25) is 0 Å². The number of benzene rings is 1. The van der Waals surface area contributed by atoms with Crippen LogP contribution in [0.25, 0.3) is 6.08 Å². The number of unbranched alkanes of at least 4 members (excludes halogenated alkanes) is 11. The summed E-state index contributed by atoms with van der Waals surface area (Å²) in [6.45, 7) is 5.82. The van der Waals surface area contributed by atoms with Crippen LogP contribution in [0, 0.1) is 0 Å². The van der Waals surface area contributed by atoms with Crippen LogP contribution in [0.3, 0.4) is 0 Å². The Bertz CT molecular complexity index is 812. The third kappa shape index (κ3) is 20.2. The summed E-state index contributed by atoms with van der Waals surface area (Å²) in [5, 5.41) is 11.5. The van der Waals surface area contributed by atoms with Crippen LogP contribution in [0.4, 0.5) is 0 Å². The van der Waals surface area contributed by atoms with Crippen molar-refractivity contribution < 1.29 is 52.4 Å². The van der Waals surface area contributed by atoms with E-state index in [4.69, 9.17) is 9.29 Å². The molecule has 1 aromatic rings. The summed E-state index contributed by atoms with van der Waals surface area (Å²) in [6, 6.07) is 8.13. The van der Waals surface area contributed by atoms with Crippen LogP contribution in [-0.2, 0) is 10.1 Å². The summed E-state index contributed by atoms with van der Waals surface area (Å²) in [5.41, 5.74) is 1.11. The Morgan fingerprint density at radius 3 is 1.94 bits per heavy atom. The van der Waals surface area contributed by atoms with Crippen LogP contribution in [0.15, 0.2) is 35.8 Å². The predicted octanol–water partition coefficient (Wildman–Crippen LogP) is 3.60. The summed E-state index contributed by atoms with van der Waals surface area (Å²) in [5.74, 6) is 0.185. The van der Waals surface area contributed by atoms with Gasteiger partial charge in [-0.05, 0) is 55.7 Å².